The second-order valence-corrected chi connectivity index (χ2v) is 6.13. The molecule has 2 aromatic rings. The Morgan fingerprint density at radius 2 is 1.50 bits per heavy atom. The van der Waals surface area contributed by atoms with Gasteiger partial charge in [0.2, 0.25) is 10.0 Å². The van der Waals surface area contributed by atoms with Crippen molar-refractivity contribution in [2.75, 3.05) is 6.26 Å². The van der Waals surface area contributed by atoms with Crippen LogP contribution in [0.3, 0.4) is 0 Å². The highest BCUT2D eigenvalue weighted by molar-refractivity contribution is 7.88. The summed E-state index contributed by atoms with van der Waals surface area (Å²) >= 11 is 0. The van der Waals surface area contributed by atoms with Gasteiger partial charge in [0, 0.05) is 6.54 Å². The molecule has 6 heteroatoms. The van der Waals surface area contributed by atoms with E-state index in [1.165, 1.54) is 24.3 Å². The largest absolute Gasteiger partial charge is 0.457 e. The molecule has 2 aromatic carbocycles. The number of rotatable bonds is 5. The summed E-state index contributed by atoms with van der Waals surface area (Å²) in [5, 5.41) is 0. The van der Waals surface area contributed by atoms with Crippen molar-refractivity contribution in [2.45, 2.75) is 6.54 Å². The van der Waals surface area contributed by atoms with Crippen LogP contribution in [-0.4, -0.2) is 14.7 Å². The third-order valence-electron chi connectivity index (χ3n) is 2.51. The van der Waals surface area contributed by atoms with Gasteiger partial charge in [-0.1, -0.05) is 12.1 Å². The summed E-state index contributed by atoms with van der Waals surface area (Å²) in [6.45, 7) is 0.232. The van der Waals surface area contributed by atoms with Gasteiger partial charge in [0.15, 0.2) is 0 Å². The minimum Gasteiger partial charge on any atom is -0.457 e. The molecule has 20 heavy (non-hydrogen) atoms. The number of hydrogen-bond acceptors (Lipinski definition) is 3. The highest BCUT2D eigenvalue weighted by Gasteiger charge is 2.02. The van der Waals surface area contributed by atoms with E-state index in [4.69, 9.17) is 4.74 Å². The Bertz CT molecular complexity index is 667. The average Bonchev–Trinajstić information content (AvgIpc) is 2.40. The average molecular weight is 295 g/mol. The maximum absolute atomic E-state index is 12.7. The molecule has 0 radical (unpaired) electrons. The van der Waals surface area contributed by atoms with Crippen molar-refractivity contribution in [3.05, 3.63) is 59.9 Å². The van der Waals surface area contributed by atoms with Gasteiger partial charge in [-0.15, -0.1) is 0 Å². The minimum atomic E-state index is -3.20. The standard InChI is InChI=1S/C14H14FNO3S/c1-20(17,18)16-10-11-2-6-13(7-3-11)19-14-8-4-12(15)5-9-14/h2-9,16H,10H2,1H3. The number of benzene rings is 2. The van der Waals surface area contributed by atoms with Crippen LogP contribution in [0.4, 0.5) is 4.39 Å². The van der Waals surface area contributed by atoms with Crippen LogP contribution in [-0.2, 0) is 16.6 Å². The lowest BCUT2D eigenvalue weighted by molar-refractivity contribution is 0.480. The Balaban J connectivity index is 1.99. The lowest BCUT2D eigenvalue weighted by Gasteiger charge is -2.07. The van der Waals surface area contributed by atoms with E-state index in [0.29, 0.717) is 11.5 Å². The number of halogens is 1. The highest BCUT2D eigenvalue weighted by Crippen LogP contribution is 2.21. The van der Waals surface area contributed by atoms with Crippen LogP contribution in [0.5, 0.6) is 11.5 Å². The summed E-state index contributed by atoms with van der Waals surface area (Å²) in [6.07, 6.45) is 1.11. The first-order chi connectivity index (χ1) is 9.42. The summed E-state index contributed by atoms with van der Waals surface area (Å²) in [5.74, 6) is 0.813. The first kappa shape index (κ1) is 14.5. The molecule has 2 rings (SSSR count). The van der Waals surface area contributed by atoms with E-state index < -0.39 is 10.0 Å². The number of sulfonamides is 1. The van der Waals surface area contributed by atoms with Gasteiger partial charge >= 0.3 is 0 Å². The molecule has 4 nitrogen and oxygen atoms in total. The summed E-state index contributed by atoms with van der Waals surface area (Å²) in [6, 6.07) is 12.7. The quantitative estimate of drug-likeness (QED) is 0.922. The van der Waals surface area contributed by atoms with Crippen LogP contribution < -0.4 is 9.46 Å². The van der Waals surface area contributed by atoms with Gasteiger partial charge in [-0.2, -0.15) is 0 Å². The van der Waals surface area contributed by atoms with Gasteiger partial charge < -0.3 is 4.74 Å². The molecule has 0 atom stereocenters. The molecule has 0 aromatic heterocycles. The summed E-state index contributed by atoms with van der Waals surface area (Å²) in [5.41, 5.74) is 0.821. The summed E-state index contributed by atoms with van der Waals surface area (Å²) < 4.78 is 42.6. The predicted molar refractivity (Wildman–Crippen MR) is 74.6 cm³/mol. The third-order valence-corrected chi connectivity index (χ3v) is 3.18. The molecule has 0 aliphatic heterocycles. The molecule has 0 aliphatic rings. The van der Waals surface area contributed by atoms with Gasteiger partial charge in [0.05, 0.1) is 6.26 Å². The number of hydrogen-bond donors (Lipinski definition) is 1. The Hall–Kier alpha value is -1.92. The molecule has 0 saturated heterocycles. The second kappa shape index (κ2) is 6.02. The van der Waals surface area contributed by atoms with Crippen molar-refractivity contribution in [1.82, 2.24) is 4.72 Å². The fourth-order valence-electron chi connectivity index (χ4n) is 1.53. The molecule has 0 bridgehead atoms. The Morgan fingerprint density at radius 1 is 1.00 bits per heavy atom. The molecule has 0 amide bonds. The molecule has 0 unspecified atom stereocenters. The zero-order chi connectivity index (χ0) is 14.6. The molecule has 0 aliphatic carbocycles. The van der Waals surface area contributed by atoms with Gasteiger partial charge in [-0.05, 0) is 42.0 Å². The zero-order valence-electron chi connectivity index (χ0n) is 10.8. The molecular weight excluding hydrogens is 281 g/mol. The zero-order valence-corrected chi connectivity index (χ0v) is 11.7. The van der Waals surface area contributed by atoms with Crippen molar-refractivity contribution >= 4 is 10.0 Å². The Morgan fingerprint density at radius 3 is 2.00 bits per heavy atom. The topological polar surface area (TPSA) is 55.4 Å². The third kappa shape index (κ3) is 4.64. The maximum atomic E-state index is 12.7. The van der Waals surface area contributed by atoms with Crippen LogP contribution in [0.25, 0.3) is 0 Å². The molecule has 0 saturated carbocycles. The molecule has 106 valence electrons. The van der Waals surface area contributed by atoms with E-state index in [1.54, 1.807) is 24.3 Å². The van der Waals surface area contributed by atoms with Crippen molar-refractivity contribution < 1.29 is 17.5 Å². The second-order valence-electron chi connectivity index (χ2n) is 4.29. The van der Waals surface area contributed by atoms with Gasteiger partial charge in [-0.3, -0.25) is 0 Å². The molecular formula is C14H14FNO3S. The minimum absolute atomic E-state index is 0.232. The normalized spacial score (nSPS) is 11.3. The summed E-state index contributed by atoms with van der Waals surface area (Å²) in [4.78, 5) is 0. The molecule has 0 heterocycles. The first-order valence-corrected chi connectivity index (χ1v) is 7.78. The summed E-state index contributed by atoms with van der Waals surface area (Å²) in [7, 11) is -3.20. The highest BCUT2D eigenvalue weighted by atomic mass is 32.2. The molecule has 1 N–H and O–H groups in total. The predicted octanol–water partition coefficient (Wildman–Crippen LogP) is 2.67. The van der Waals surface area contributed by atoms with E-state index in [-0.39, 0.29) is 12.4 Å². The SMILES string of the molecule is CS(=O)(=O)NCc1ccc(Oc2ccc(F)cc2)cc1. The van der Waals surface area contributed by atoms with Crippen LogP contribution >= 0.6 is 0 Å². The van der Waals surface area contributed by atoms with E-state index in [1.807, 2.05) is 0 Å². The van der Waals surface area contributed by atoms with Crippen LogP contribution in [0.15, 0.2) is 48.5 Å². The van der Waals surface area contributed by atoms with Crippen molar-refractivity contribution in [2.24, 2.45) is 0 Å². The van der Waals surface area contributed by atoms with Crippen LogP contribution in [0, 0.1) is 5.82 Å². The van der Waals surface area contributed by atoms with Crippen LogP contribution in [0.1, 0.15) is 5.56 Å². The van der Waals surface area contributed by atoms with E-state index in [2.05, 4.69) is 4.72 Å². The van der Waals surface area contributed by atoms with Crippen LogP contribution in [0.2, 0.25) is 0 Å². The number of ether oxygens (including phenoxy) is 1. The van der Waals surface area contributed by atoms with Crippen molar-refractivity contribution in [3.63, 3.8) is 0 Å². The fourth-order valence-corrected chi connectivity index (χ4v) is 1.96. The number of nitrogens with one attached hydrogen (secondary N) is 1. The van der Waals surface area contributed by atoms with Crippen molar-refractivity contribution in [3.8, 4) is 11.5 Å². The first-order valence-electron chi connectivity index (χ1n) is 5.89. The van der Waals surface area contributed by atoms with E-state index in [9.17, 15) is 12.8 Å². The van der Waals surface area contributed by atoms with E-state index in [0.717, 1.165) is 11.8 Å². The van der Waals surface area contributed by atoms with E-state index >= 15 is 0 Å². The Labute approximate surface area is 117 Å². The van der Waals surface area contributed by atoms with Crippen molar-refractivity contribution in [1.29, 1.82) is 0 Å². The lowest BCUT2D eigenvalue weighted by atomic mass is 10.2. The Kier molecular flexibility index (Phi) is 4.36. The fraction of sp³-hybridized carbons (Fsp3) is 0.143. The monoisotopic (exact) mass is 295 g/mol. The molecule has 0 fully saturated rings. The maximum Gasteiger partial charge on any atom is 0.209 e. The lowest BCUT2D eigenvalue weighted by Crippen LogP contribution is -2.21. The smallest absolute Gasteiger partial charge is 0.209 e. The molecule has 0 spiro atoms. The van der Waals surface area contributed by atoms with Gasteiger partial charge in [0.25, 0.3) is 0 Å². The van der Waals surface area contributed by atoms with Gasteiger partial charge in [0.1, 0.15) is 17.3 Å². The van der Waals surface area contributed by atoms with Gasteiger partial charge in [-0.25, -0.2) is 17.5 Å².